The third-order valence-corrected chi connectivity index (χ3v) is 3.31. The van der Waals surface area contributed by atoms with E-state index in [9.17, 15) is 4.79 Å². The van der Waals surface area contributed by atoms with Crippen LogP contribution in [0, 0.1) is 12.8 Å². The molecule has 2 rings (SSSR count). The minimum Gasteiger partial charge on any atom is -0.267 e. The second-order valence-corrected chi connectivity index (χ2v) is 5.83. The van der Waals surface area contributed by atoms with Gasteiger partial charge in [0.15, 0.2) is 0 Å². The fourth-order valence-electron chi connectivity index (χ4n) is 2.13. The normalized spacial score (nSPS) is 11.5. The predicted octanol–water partition coefficient (Wildman–Crippen LogP) is 4.18. The average Bonchev–Trinajstić information content (AvgIpc) is 2.52. The van der Waals surface area contributed by atoms with E-state index in [-0.39, 0.29) is 5.91 Å². The topological polar surface area (TPSA) is 41.5 Å². The summed E-state index contributed by atoms with van der Waals surface area (Å²) in [4.78, 5) is 12.2. The highest BCUT2D eigenvalue weighted by Gasteiger charge is 2.08. The number of rotatable bonds is 5. The molecule has 0 atom stereocenters. The Bertz CT molecular complexity index is 643. The second kappa shape index (κ2) is 7.55. The molecule has 0 radical (unpaired) electrons. The van der Waals surface area contributed by atoms with Gasteiger partial charge in [0.25, 0.3) is 5.91 Å². The quantitative estimate of drug-likeness (QED) is 0.652. The molecule has 0 aliphatic rings. The molecule has 2 aromatic carbocycles. The lowest BCUT2D eigenvalue weighted by Crippen LogP contribution is -2.20. The van der Waals surface area contributed by atoms with Gasteiger partial charge in [-0.2, -0.15) is 5.10 Å². The van der Waals surface area contributed by atoms with Crippen molar-refractivity contribution < 1.29 is 4.79 Å². The van der Waals surface area contributed by atoms with Crippen LogP contribution in [0.5, 0.6) is 0 Å². The number of nitrogens with one attached hydrogen (secondary N) is 1. The van der Waals surface area contributed by atoms with Crippen LogP contribution in [0.25, 0.3) is 0 Å². The molecule has 0 saturated carbocycles. The summed E-state index contributed by atoms with van der Waals surface area (Å²) in [7, 11) is 0. The maximum Gasteiger partial charge on any atom is 0.271 e. The molecule has 22 heavy (non-hydrogen) atoms. The number of aryl methyl sites for hydroxylation is 1. The first-order chi connectivity index (χ1) is 10.6. The minimum absolute atomic E-state index is 0.183. The fourth-order valence-corrected chi connectivity index (χ4v) is 2.13. The molecule has 0 aliphatic carbocycles. The first-order valence-electron chi connectivity index (χ1n) is 7.55. The van der Waals surface area contributed by atoms with E-state index in [0.29, 0.717) is 11.5 Å². The minimum atomic E-state index is -0.183. The Morgan fingerprint density at radius 2 is 1.64 bits per heavy atom. The Hall–Kier alpha value is -2.42. The fraction of sp³-hybridized carbons (Fsp3) is 0.263. The molecule has 0 aliphatic heterocycles. The van der Waals surface area contributed by atoms with Gasteiger partial charge >= 0.3 is 0 Å². The SMILES string of the molecule is Cc1ccc(C(=O)NN=C(CC(C)C)c2ccccc2)cc1. The third kappa shape index (κ3) is 4.55. The van der Waals surface area contributed by atoms with Crippen LogP contribution < -0.4 is 5.43 Å². The van der Waals surface area contributed by atoms with E-state index in [2.05, 4.69) is 24.4 Å². The standard InChI is InChI=1S/C19H22N2O/c1-14(2)13-18(16-7-5-4-6-8-16)20-21-19(22)17-11-9-15(3)10-12-17/h4-12,14H,13H2,1-3H3,(H,21,22). The maximum absolute atomic E-state index is 12.2. The monoisotopic (exact) mass is 294 g/mol. The van der Waals surface area contributed by atoms with Crippen molar-refractivity contribution >= 4 is 11.6 Å². The molecular formula is C19H22N2O. The van der Waals surface area contributed by atoms with Crippen molar-refractivity contribution in [3.05, 3.63) is 71.3 Å². The molecule has 1 N–H and O–H groups in total. The van der Waals surface area contributed by atoms with E-state index in [1.165, 1.54) is 0 Å². The van der Waals surface area contributed by atoms with Crippen LogP contribution in [0.15, 0.2) is 59.7 Å². The number of hydrazone groups is 1. The van der Waals surface area contributed by atoms with Crippen LogP contribution in [-0.2, 0) is 0 Å². The van der Waals surface area contributed by atoms with Gasteiger partial charge in [-0.25, -0.2) is 5.43 Å². The molecule has 2 aromatic rings. The summed E-state index contributed by atoms with van der Waals surface area (Å²) < 4.78 is 0. The van der Waals surface area contributed by atoms with Crippen molar-refractivity contribution in [2.24, 2.45) is 11.0 Å². The number of hydrogen-bond acceptors (Lipinski definition) is 2. The number of carbonyl (C=O) groups is 1. The lowest BCUT2D eigenvalue weighted by molar-refractivity contribution is 0.0954. The molecule has 0 fully saturated rings. The number of carbonyl (C=O) groups excluding carboxylic acids is 1. The Morgan fingerprint density at radius 3 is 2.23 bits per heavy atom. The van der Waals surface area contributed by atoms with Gasteiger partial charge < -0.3 is 0 Å². The van der Waals surface area contributed by atoms with Crippen LogP contribution in [0.3, 0.4) is 0 Å². The Morgan fingerprint density at radius 1 is 1.00 bits per heavy atom. The van der Waals surface area contributed by atoms with E-state index >= 15 is 0 Å². The molecular weight excluding hydrogens is 272 g/mol. The second-order valence-electron chi connectivity index (χ2n) is 5.83. The lowest BCUT2D eigenvalue weighted by atomic mass is 10.0. The van der Waals surface area contributed by atoms with Gasteiger partial charge in [0.1, 0.15) is 0 Å². The van der Waals surface area contributed by atoms with Crippen LogP contribution in [0.2, 0.25) is 0 Å². The molecule has 1 amide bonds. The summed E-state index contributed by atoms with van der Waals surface area (Å²) in [5.74, 6) is 0.285. The smallest absolute Gasteiger partial charge is 0.267 e. The van der Waals surface area contributed by atoms with Gasteiger partial charge in [-0.3, -0.25) is 4.79 Å². The van der Waals surface area contributed by atoms with Crippen molar-refractivity contribution in [1.82, 2.24) is 5.43 Å². The number of hydrogen-bond donors (Lipinski definition) is 1. The summed E-state index contributed by atoms with van der Waals surface area (Å²) in [6, 6.07) is 17.4. The zero-order valence-corrected chi connectivity index (χ0v) is 13.3. The molecule has 3 heteroatoms. The van der Waals surface area contributed by atoms with Crippen molar-refractivity contribution in [2.45, 2.75) is 27.2 Å². The van der Waals surface area contributed by atoms with Gasteiger partial charge in [0.05, 0.1) is 5.71 Å². The van der Waals surface area contributed by atoms with Gasteiger partial charge in [-0.15, -0.1) is 0 Å². The maximum atomic E-state index is 12.2. The van der Waals surface area contributed by atoms with Crippen molar-refractivity contribution in [3.63, 3.8) is 0 Å². The summed E-state index contributed by atoms with van der Waals surface area (Å²) in [5.41, 5.74) is 6.36. The Balaban J connectivity index is 2.15. The van der Waals surface area contributed by atoms with Crippen LogP contribution in [0.4, 0.5) is 0 Å². The van der Waals surface area contributed by atoms with Gasteiger partial charge in [-0.1, -0.05) is 61.9 Å². The highest BCUT2D eigenvalue weighted by atomic mass is 16.2. The molecule has 0 saturated heterocycles. The van der Waals surface area contributed by atoms with E-state index in [1.54, 1.807) is 0 Å². The zero-order chi connectivity index (χ0) is 15.9. The lowest BCUT2D eigenvalue weighted by Gasteiger charge is -2.10. The molecule has 0 heterocycles. The first kappa shape index (κ1) is 16.0. The summed E-state index contributed by atoms with van der Waals surface area (Å²) in [6.45, 7) is 6.27. The summed E-state index contributed by atoms with van der Waals surface area (Å²) >= 11 is 0. The average molecular weight is 294 g/mol. The molecule has 114 valence electrons. The van der Waals surface area contributed by atoms with Crippen molar-refractivity contribution in [3.8, 4) is 0 Å². The highest BCUT2D eigenvalue weighted by molar-refractivity contribution is 6.02. The van der Waals surface area contributed by atoms with Crippen LogP contribution in [-0.4, -0.2) is 11.6 Å². The number of benzene rings is 2. The van der Waals surface area contributed by atoms with E-state index in [4.69, 9.17) is 0 Å². The predicted molar refractivity (Wildman–Crippen MR) is 91.1 cm³/mol. The molecule has 0 aromatic heterocycles. The molecule has 3 nitrogen and oxygen atoms in total. The van der Waals surface area contributed by atoms with Gasteiger partial charge in [-0.05, 0) is 37.0 Å². The van der Waals surface area contributed by atoms with Gasteiger partial charge in [0.2, 0.25) is 0 Å². The number of nitrogens with zero attached hydrogens (tertiary/aromatic N) is 1. The van der Waals surface area contributed by atoms with E-state index in [0.717, 1.165) is 23.3 Å². The first-order valence-corrected chi connectivity index (χ1v) is 7.55. The number of amides is 1. The molecule has 0 bridgehead atoms. The molecule has 0 spiro atoms. The molecule has 0 unspecified atom stereocenters. The largest absolute Gasteiger partial charge is 0.271 e. The van der Waals surface area contributed by atoms with Crippen LogP contribution in [0.1, 0.15) is 41.8 Å². The Labute approximate surface area is 132 Å². The third-order valence-electron chi connectivity index (χ3n) is 3.31. The van der Waals surface area contributed by atoms with E-state index < -0.39 is 0 Å². The van der Waals surface area contributed by atoms with Gasteiger partial charge in [0, 0.05) is 5.56 Å². The summed E-state index contributed by atoms with van der Waals surface area (Å²) in [5, 5.41) is 4.35. The van der Waals surface area contributed by atoms with Crippen molar-refractivity contribution in [1.29, 1.82) is 0 Å². The Kier molecular flexibility index (Phi) is 5.48. The highest BCUT2D eigenvalue weighted by Crippen LogP contribution is 2.10. The van der Waals surface area contributed by atoms with E-state index in [1.807, 2.05) is 61.5 Å². The summed E-state index contributed by atoms with van der Waals surface area (Å²) in [6.07, 6.45) is 0.818. The van der Waals surface area contributed by atoms with Crippen LogP contribution >= 0.6 is 0 Å². The van der Waals surface area contributed by atoms with Crippen molar-refractivity contribution in [2.75, 3.05) is 0 Å². The zero-order valence-electron chi connectivity index (χ0n) is 13.3.